The molecule has 0 aliphatic rings. The minimum atomic E-state index is -1.08. The molecule has 1 heterocycles. The smallest absolute Gasteiger partial charge is 0.303 e. The zero-order valence-electron chi connectivity index (χ0n) is 21.6. The Balaban J connectivity index is 1.89. The van der Waals surface area contributed by atoms with Crippen molar-refractivity contribution in [3.8, 4) is 0 Å². The fourth-order valence-corrected chi connectivity index (χ4v) is 4.33. The third-order valence-corrected chi connectivity index (χ3v) is 6.81. The molecule has 0 saturated carbocycles. The van der Waals surface area contributed by atoms with E-state index >= 15 is 0 Å². The molecule has 0 aliphatic carbocycles. The lowest BCUT2D eigenvalue weighted by Gasteiger charge is -2.22. The summed E-state index contributed by atoms with van der Waals surface area (Å²) < 4.78 is 1.90. The van der Waals surface area contributed by atoms with E-state index < -0.39 is 23.8 Å². The van der Waals surface area contributed by atoms with Crippen LogP contribution in [-0.4, -0.2) is 56.5 Å². The zero-order chi connectivity index (χ0) is 27.4. The predicted octanol–water partition coefficient (Wildman–Crippen LogP) is 3.34. The van der Waals surface area contributed by atoms with Crippen molar-refractivity contribution < 1.29 is 24.3 Å². The molecule has 0 fully saturated rings. The molecule has 200 valence electrons. The van der Waals surface area contributed by atoms with Crippen molar-refractivity contribution in [1.82, 2.24) is 15.2 Å². The van der Waals surface area contributed by atoms with Gasteiger partial charge < -0.3 is 25.6 Å². The van der Waals surface area contributed by atoms with Gasteiger partial charge in [-0.1, -0.05) is 32.1 Å². The number of carbonyl (C=O) groups excluding carboxylic acids is 3. The van der Waals surface area contributed by atoms with Gasteiger partial charge in [0.15, 0.2) is 0 Å². The highest BCUT2D eigenvalue weighted by atomic mass is 32.2. The lowest BCUT2D eigenvalue weighted by atomic mass is 10.1. The second kappa shape index (κ2) is 14.3. The number of hydrogen-bond donors (Lipinski definition) is 4. The summed E-state index contributed by atoms with van der Waals surface area (Å²) in [6.07, 6.45) is 6.18. The largest absolute Gasteiger partial charge is 0.481 e. The van der Waals surface area contributed by atoms with Gasteiger partial charge in [-0.2, -0.15) is 0 Å². The minimum Gasteiger partial charge on any atom is -0.481 e. The van der Waals surface area contributed by atoms with Crippen molar-refractivity contribution in [2.24, 2.45) is 0 Å². The molecule has 0 bridgehead atoms. The van der Waals surface area contributed by atoms with Gasteiger partial charge in [0.25, 0.3) is 0 Å². The Kier molecular flexibility index (Phi) is 11.5. The van der Waals surface area contributed by atoms with E-state index in [2.05, 4.69) is 27.1 Å². The van der Waals surface area contributed by atoms with E-state index in [-0.39, 0.29) is 35.8 Å². The summed E-state index contributed by atoms with van der Waals surface area (Å²) in [5.41, 5.74) is 2.75. The Morgan fingerprint density at radius 1 is 1.14 bits per heavy atom. The van der Waals surface area contributed by atoms with Gasteiger partial charge in [-0.05, 0) is 49.1 Å². The molecule has 37 heavy (non-hydrogen) atoms. The Hall–Kier alpha value is -3.53. The topological polar surface area (TPSA) is 130 Å². The number of carboxylic acid groups (broad SMARTS) is 1. The van der Waals surface area contributed by atoms with Gasteiger partial charge in [0.05, 0.1) is 12.3 Å². The van der Waals surface area contributed by atoms with Crippen LogP contribution >= 0.6 is 11.8 Å². The highest BCUT2D eigenvalue weighted by molar-refractivity contribution is 8.01. The number of aryl methyl sites for hydroxylation is 1. The van der Waals surface area contributed by atoms with Crippen molar-refractivity contribution in [1.29, 1.82) is 0 Å². The number of amides is 3. The molecule has 2 aromatic rings. The first kappa shape index (κ1) is 29.7. The van der Waals surface area contributed by atoms with E-state index in [1.165, 1.54) is 17.3 Å². The number of allylic oxidation sites excluding steroid dienone is 1. The number of anilines is 1. The van der Waals surface area contributed by atoms with Crippen molar-refractivity contribution >= 4 is 41.1 Å². The number of nitrogens with one attached hydrogen (secondary N) is 3. The maximum Gasteiger partial charge on any atom is 0.303 e. The van der Waals surface area contributed by atoms with Crippen LogP contribution in [0.5, 0.6) is 0 Å². The standard InChI is InChI=1S/C27H36N4O5S/c1-5-13-27(3,4)37-18-24(33)28-15-23(32)30-22(10-11-25(34)35)26(36)29-21-8-6-20(7-9-21)17-31-14-12-19(2)16-31/h5-9,12,14,16,22H,1,10-11,13,15,17-18H2,2-4H3,(H,28,33)(H,29,36)(H,30,32)(H,34,35)/t22-/m0/s1. The number of aromatic nitrogens is 1. The zero-order valence-corrected chi connectivity index (χ0v) is 22.4. The number of carbonyl (C=O) groups is 4. The highest BCUT2D eigenvalue weighted by Gasteiger charge is 2.23. The average Bonchev–Trinajstić information content (AvgIpc) is 3.24. The first-order valence-electron chi connectivity index (χ1n) is 12.0. The van der Waals surface area contributed by atoms with E-state index in [0.717, 1.165) is 12.0 Å². The van der Waals surface area contributed by atoms with E-state index in [1.54, 1.807) is 18.2 Å². The summed E-state index contributed by atoms with van der Waals surface area (Å²) in [7, 11) is 0. The average molecular weight is 529 g/mol. The quantitative estimate of drug-likeness (QED) is 0.263. The Bertz CT molecular complexity index is 1090. The Morgan fingerprint density at radius 2 is 1.84 bits per heavy atom. The van der Waals surface area contributed by atoms with Gasteiger partial charge in [-0.25, -0.2) is 0 Å². The van der Waals surface area contributed by atoms with Crippen molar-refractivity contribution in [3.63, 3.8) is 0 Å². The number of rotatable bonds is 15. The third kappa shape index (κ3) is 11.4. The first-order valence-corrected chi connectivity index (χ1v) is 13.0. The molecule has 2 rings (SSSR count). The molecule has 0 saturated heterocycles. The SMILES string of the molecule is C=CCC(C)(C)SCC(=O)NCC(=O)N[C@@H](CCC(=O)O)C(=O)Nc1ccc(Cn2ccc(C)c2)cc1. The van der Waals surface area contributed by atoms with Gasteiger partial charge in [-0.15, -0.1) is 18.3 Å². The normalized spacial score (nSPS) is 11.9. The van der Waals surface area contributed by atoms with Gasteiger partial charge >= 0.3 is 5.97 Å². The summed E-state index contributed by atoms with van der Waals surface area (Å²) >= 11 is 1.45. The van der Waals surface area contributed by atoms with Crippen LogP contribution in [-0.2, 0) is 25.7 Å². The second-order valence-corrected chi connectivity index (χ2v) is 11.1. The van der Waals surface area contributed by atoms with Gasteiger partial charge in [0.2, 0.25) is 17.7 Å². The van der Waals surface area contributed by atoms with Crippen LogP contribution in [0, 0.1) is 6.92 Å². The number of hydrogen-bond acceptors (Lipinski definition) is 5. The fraction of sp³-hybridized carbons (Fsp3) is 0.407. The molecule has 0 radical (unpaired) electrons. The van der Waals surface area contributed by atoms with Crippen LogP contribution in [0.4, 0.5) is 5.69 Å². The maximum atomic E-state index is 12.8. The lowest BCUT2D eigenvalue weighted by Crippen LogP contribution is -2.47. The minimum absolute atomic E-state index is 0.0858. The fourth-order valence-electron chi connectivity index (χ4n) is 3.47. The highest BCUT2D eigenvalue weighted by Crippen LogP contribution is 2.27. The monoisotopic (exact) mass is 528 g/mol. The molecule has 0 spiro atoms. The summed E-state index contributed by atoms with van der Waals surface area (Å²) in [6.45, 7) is 10.1. The molecular formula is C27H36N4O5S. The van der Waals surface area contributed by atoms with E-state index in [9.17, 15) is 19.2 Å². The molecule has 0 unspecified atom stereocenters. The molecule has 3 amide bonds. The van der Waals surface area contributed by atoms with Gasteiger partial charge in [0.1, 0.15) is 6.04 Å². The molecule has 0 aliphatic heterocycles. The molecule has 1 aromatic carbocycles. The summed E-state index contributed by atoms with van der Waals surface area (Å²) in [5.74, 6) is -2.32. The van der Waals surface area contributed by atoms with Crippen LogP contribution in [0.2, 0.25) is 0 Å². The van der Waals surface area contributed by atoms with Crippen LogP contribution in [0.15, 0.2) is 55.4 Å². The van der Waals surface area contributed by atoms with Crippen LogP contribution < -0.4 is 16.0 Å². The van der Waals surface area contributed by atoms with E-state index in [4.69, 9.17) is 5.11 Å². The van der Waals surface area contributed by atoms with Gasteiger partial charge in [0, 0.05) is 35.8 Å². The van der Waals surface area contributed by atoms with Crippen LogP contribution in [0.1, 0.15) is 44.2 Å². The van der Waals surface area contributed by atoms with E-state index in [0.29, 0.717) is 12.2 Å². The molecule has 1 atom stereocenters. The summed E-state index contributed by atoms with van der Waals surface area (Å²) in [6, 6.07) is 8.25. The number of carboxylic acids is 1. The molecule has 10 heteroatoms. The lowest BCUT2D eigenvalue weighted by molar-refractivity contribution is -0.137. The van der Waals surface area contributed by atoms with Crippen molar-refractivity contribution in [2.45, 2.75) is 57.4 Å². The molecule has 1 aromatic heterocycles. The number of aliphatic carboxylic acids is 1. The number of nitrogens with zero attached hydrogens (tertiary/aromatic N) is 1. The Morgan fingerprint density at radius 3 is 2.43 bits per heavy atom. The molecule has 4 N–H and O–H groups in total. The van der Waals surface area contributed by atoms with E-state index in [1.807, 2.05) is 51.4 Å². The number of thioether (sulfide) groups is 1. The predicted molar refractivity (Wildman–Crippen MR) is 147 cm³/mol. The van der Waals surface area contributed by atoms with Crippen LogP contribution in [0.25, 0.3) is 0 Å². The first-order chi connectivity index (χ1) is 17.5. The Labute approximate surface area is 222 Å². The van der Waals surface area contributed by atoms with Crippen LogP contribution in [0.3, 0.4) is 0 Å². The van der Waals surface area contributed by atoms with Crippen molar-refractivity contribution in [2.75, 3.05) is 17.6 Å². The van der Waals surface area contributed by atoms with Crippen molar-refractivity contribution in [3.05, 3.63) is 66.5 Å². The third-order valence-electron chi connectivity index (χ3n) is 5.46. The second-order valence-electron chi connectivity index (χ2n) is 9.42. The number of benzene rings is 1. The van der Waals surface area contributed by atoms with Gasteiger partial charge in [-0.3, -0.25) is 19.2 Å². The summed E-state index contributed by atoms with van der Waals surface area (Å²) in [4.78, 5) is 48.4. The summed E-state index contributed by atoms with van der Waals surface area (Å²) in [5, 5.41) is 16.8. The molecule has 9 nitrogen and oxygen atoms in total. The maximum absolute atomic E-state index is 12.8. The molecular weight excluding hydrogens is 492 g/mol.